The van der Waals surface area contributed by atoms with E-state index in [1.807, 2.05) is 12.1 Å². The number of benzene rings is 2. The first-order valence-corrected chi connectivity index (χ1v) is 9.38. The van der Waals surface area contributed by atoms with Gasteiger partial charge in [0, 0.05) is 6.54 Å². The van der Waals surface area contributed by atoms with Crippen LogP contribution in [-0.2, 0) is 16.0 Å². The lowest BCUT2D eigenvalue weighted by molar-refractivity contribution is -0.132. The van der Waals surface area contributed by atoms with E-state index in [-0.39, 0.29) is 18.2 Å². The minimum Gasteiger partial charge on any atom is -0.493 e. The summed E-state index contributed by atoms with van der Waals surface area (Å²) in [7, 11) is 1.53. The second kappa shape index (κ2) is 11.7. The van der Waals surface area contributed by atoms with Crippen molar-refractivity contribution >= 4 is 17.5 Å². The molecule has 0 aliphatic heterocycles. The Morgan fingerprint density at radius 2 is 1.93 bits per heavy atom. The fourth-order valence-corrected chi connectivity index (χ4v) is 2.85. The number of nitrogens with one attached hydrogen (secondary N) is 1. The lowest BCUT2D eigenvalue weighted by Crippen LogP contribution is -2.32. The van der Waals surface area contributed by atoms with Crippen molar-refractivity contribution in [2.75, 3.05) is 26.9 Å². The van der Waals surface area contributed by atoms with Gasteiger partial charge in [0.05, 0.1) is 12.1 Å². The van der Waals surface area contributed by atoms with E-state index in [1.165, 1.54) is 25.3 Å². The third kappa shape index (κ3) is 6.42. The molecule has 30 heavy (non-hydrogen) atoms. The normalized spacial score (nSPS) is 11.1. The van der Waals surface area contributed by atoms with E-state index >= 15 is 0 Å². The van der Waals surface area contributed by atoms with Crippen LogP contribution >= 0.6 is 11.6 Å². The Hall–Kier alpha value is -3.19. The maximum Gasteiger partial charge on any atom is 0.253 e. The third-order valence-corrected chi connectivity index (χ3v) is 4.36. The van der Waals surface area contributed by atoms with E-state index in [1.54, 1.807) is 6.07 Å². The third-order valence-electron chi connectivity index (χ3n) is 4.07. The lowest BCUT2D eigenvalue weighted by atomic mass is 10.1. The Morgan fingerprint density at radius 1 is 1.17 bits per heavy atom. The van der Waals surface area contributed by atoms with Gasteiger partial charge in [-0.25, -0.2) is 4.39 Å². The highest BCUT2D eigenvalue weighted by molar-refractivity contribution is 6.30. The summed E-state index contributed by atoms with van der Waals surface area (Å²) in [6.07, 6.45) is 9.96. The summed E-state index contributed by atoms with van der Waals surface area (Å²) in [5.74, 6) is 4.81. The fraction of sp³-hybridized carbons (Fsp3) is 0.261. The van der Waals surface area contributed by atoms with Gasteiger partial charge >= 0.3 is 0 Å². The first kappa shape index (κ1) is 23.1. The van der Waals surface area contributed by atoms with Crippen LogP contribution in [0.5, 0.6) is 11.5 Å². The standard InChI is InChI=1S/C23H21ClFNO4/c1-4-12-29-20-9-6-16(14-21(20)28-3)10-11-26-23(27)22(30-13-5-2)17-7-8-19(25)18(24)15-17/h1-2,6-9,14-15,22H,10-13H2,3H3,(H,26,27)/t22-/m0/s1. The van der Waals surface area contributed by atoms with Gasteiger partial charge in [0.25, 0.3) is 5.91 Å². The highest BCUT2D eigenvalue weighted by Crippen LogP contribution is 2.28. The summed E-state index contributed by atoms with van der Waals surface area (Å²) in [6.45, 7) is 0.388. The van der Waals surface area contributed by atoms with Gasteiger partial charge in [-0.1, -0.05) is 35.6 Å². The van der Waals surface area contributed by atoms with Gasteiger partial charge in [-0.3, -0.25) is 4.79 Å². The minimum absolute atomic E-state index is 0.0800. The number of terminal acetylenes is 2. The van der Waals surface area contributed by atoms with E-state index in [0.29, 0.717) is 30.0 Å². The molecule has 0 aromatic heterocycles. The molecule has 0 radical (unpaired) electrons. The molecule has 1 N–H and O–H groups in total. The summed E-state index contributed by atoms with van der Waals surface area (Å²) >= 11 is 5.82. The van der Waals surface area contributed by atoms with Gasteiger partial charge in [-0.2, -0.15) is 0 Å². The Balaban J connectivity index is 2.02. The first-order valence-electron chi connectivity index (χ1n) is 9.01. The van der Waals surface area contributed by atoms with Crippen molar-refractivity contribution in [3.05, 3.63) is 58.4 Å². The maximum absolute atomic E-state index is 13.4. The number of amides is 1. The molecule has 0 bridgehead atoms. The Bertz CT molecular complexity index is 965. The number of ether oxygens (including phenoxy) is 3. The van der Waals surface area contributed by atoms with Gasteiger partial charge in [0.15, 0.2) is 17.6 Å². The van der Waals surface area contributed by atoms with Crippen LogP contribution in [0, 0.1) is 30.5 Å². The zero-order chi connectivity index (χ0) is 21.9. The molecule has 2 aromatic carbocycles. The molecular weight excluding hydrogens is 409 g/mol. The molecule has 7 heteroatoms. The van der Waals surface area contributed by atoms with Crippen molar-refractivity contribution in [2.45, 2.75) is 12.5 Å². The smallest absolute Gasteiger partial charge is 0.253 e. The van der Waals surface area contributed by atoms with Crippen LogP contribution in [0.2, 0.25) is 5.02 Å². The highest BCUT2D eigenvalue weighted by Gasteiger charge is 2.22. The quantitative estimate of drug-likeness (QED) is 0.587. The average Bonchev–Trinajstić information content (AvgIpc) is 2.75. The number of halogens is 2. The zero-order valence-electron chi connectivity index (χ0n) is 16.4. The zero-order valence-corrected chi connectivity index (χ0v) is 17.2. The van der Waals surface area contributed by atoms with Gasteiger partial charge in [0.2, 0.25) is 0 Å². The first-order chi connectivity index (χ1) is 14.5. The summed E-state index contributed by atoms with van der Waals surface area (Å²) in [4.78, 5) is 12.6. The van der Waals surface area contributed by atoms with Crippen molar-refractivity contribution < 1.29 is 23.4 Å². The van der Waals surface area contributed by atoms with Gasteiger partial charge in [0.1, 0.15) is 19.0 Å². The van der Waals surface area contributed by atoms with E-state index in [0.717, 1.165) is 5.56 Å². The molecule has 2 rings (SSSR count). The SMILES string of the molecule is C#CCOc1ccc(CCNC(=O)[C@@H](OCC#C)c2ccc(F)c(Cl)c2)cc1OC. The molecule has 2 aromatic rings. The molecule has 0 heterocycles. The number of methoxy groups -OCH3 is 1. The number of hydrogen-bond donors (Lipinski definition) is 1. The molecule has 0 spiro atoms. The number of carbonyl (C=O) groups excluding carboxylic acids is 1. The molecule has 0 saturated heterocycles. The Kier molecular flexibility index (Phi) is 9.03. The molecule has 0 saturated carbocycles. The molecule has 0 aliphatic rings. The van der Waals surface area contributed by atoms with Crippen molar-refractivity contribution in [1.29, 1.82) is 0 Å². The summed E-state index contributed by atoms with van der Waals surface area (Å²) in [5.41, 5.74) is 1.33. The fourth-order valence-electron chi connectivity index (χ4n) is 2.66. The minimum atomic E-state index is -1.01. The molecule has 0 unspecified atom stereocenters. The Morgan fingerprint density at radius 3 is 2.60 bits per heavy atom. The molecule has 0 fully saturated rings. The van der Waals surface area contributed by atoms with Crippen LogP contribution in [0.1, 0.15) is 17.2 Å². The number of carbonyl (C=O) groups is 1. The lowest BCUT2D eigenvalue weighted by Gasteiger charge is -2.17. The molecule has 156 valence electrons. The predicted molar refractivity (Wildman–Crippen MR) is 113 cm³/mol. The monoisotopic (exact) mass is 429 g/mol. The van der Waals surface area contributed by atoms with Crippen LogP contribution in [0.3, 0.4) is 0 Å². The second-order valence-electron chi connectivity index (χ2n) is 6.09. The summed E-state index contributed by atoms with van der Waals surface area (Å²) in [6, 6.07) is 9.37. The van der Waals surface area contributed by atoms with E-state index in [9.17, 15) is 9.18 Å². The summed E-state index contributed by atoms with van der Waals surface area (Å²) < 4.78 is 29.6. The van der Waals surface area contributed by atoms with Crippen molar-refractivity contribution in [2.24, 2.45) is 0 Å². The summed E-state index contributed by atoms with van der Waals surface area (Å²) in [5, 5.41) is 2.69. The highest BCUT2D eigenvalue weighted by atomic mass is 35.5. The van der Waals surface area contributed by atoms with Crippen LogP contribution < -0.4 is 14.8 Å². The van der Waals surface area contributed by atoms with Gasteiger partial charge in [-0.05, 0) is 41.8 Å². The Labute approximate surface area is 180 Å². The predicted octanol–water partition coefficient (Wildman–Crippen LogP) is 3.55. The van der Waals surface area contributed by atoms with E-state index in [2.05, 4.69) is 17.2 Å². The van der Waals surface area contributed by atoms with Crippen molar-refractivity contribution in [1.82, 2.24) is 5.32 Å². The van der Waals surface area contributed by atoms with Gasteiger partial charge < -0.3 is 19.5 Å². The van der Waals surface area contributed by atoms with Gasteiger partial charge in [-0.15, -0.1) is 12.8 Å². The van der Waals surface area contributed by atoms with Crippen LogP contribution in [-0.4, -0.2) is 32.8 Å². The second-order valence-corrected chi connectivity index (χ2v) is 6.49. The number of hydrogen-bond acceptors (Lipinski definition) is 4. The molecular formula is C23H21ClFNO4. The molecule has 1 amide bonds. The molecule has 1 atom stereocenters. The average molecular weight is 430 g/mol. The van der Waals surface area contributed by atoms with E-state index < -0.39 is 17.8 Å². The van der Waals surface area contributed by atoms with E-state index in [4.69, 9.17) is 38.7 Å². The van der Waals surface area contributed by atoms with Crippen molar-refractivity contribution in [3.8, 4) is 36.2 Å². The molecule has 5 nitrogen and oxygen atoms in total. The largest absolute Gasteiger partial charge is 0.493 e. The number of rotatable bonds is 10. The molecule has 0 aliphatic carbocycles. The van der Waals surface area contributed by atoms with Crippen molar-refractivity contribution in [3.63, 3.8) is 0 Å². The van der Waals surface area contributed by atoms with Crippen LogP contribution in [0.4, 0.5) is 4.39 Å². The van der Waals surface area contributed by atoms with Crippen LogP contribution in [0.15, 0.2) is 36.4 Å². The topological polar surface area (TPSA) is 56.8 Å². The van der Waals surface area contributed by atoms with Crippen LogP contribution in [0.25, 0.3) is 0 Å². The maximum atomic E-state index is 13.4.